The predicted molar refractivity (Wildman–Crippen MR) is 103 cm³/mol. The zero-order valence-corrected chi connectivity index (χ0v) is 16.0. The van der Waals surface area contributed by atoms with Gasteiger partial charge in [-0.3, -0.25) is 0 Å². The van der Waals surface area contributed by atoms with Crippen molar-refractivity contribution in [2.75, 3.05) is 0 Å². The van der Waals surface area contributed by atoms with Crippen LogP contribution in [0.25, 0.3) is 0 Å². The Kier molecular flexibility index (Phi) is 4.76. The van der Waals surface area contributed by atoms with Gasteiger partial charge in [-0.05, 0) is 91.1 Å². The van der Waals surface area contributed by atoms with Gasteiger partial charge in [-0.1, -0.05) is 57.9 Å². The van der Waals surface area contributed by atoms with Crippen LogP contribution in [0.3, 0.4) is 0 Å². The van der Waals surface area contributed by atoms with E-state index in [4.69, 9.17) is 0 Å². The Morgan fingerprint density at radius 1 is 0.875 bits per heavy atom. The average Bonchev–Trinajstić information content (AvgIpc) is 2.61. The van der Waals surface area contributed by atoms with Gasteiger partial charge >= 0.3 is 0 Å². The standard InChI is InChI=1S/C24H36/c1-16-8-11-21-13-10-19(15-24(21)18(16)3)14-23-17(2)9-12-20-6-4-5-7-22(20)23/h4-7,16-19,21,23-24H,8-15H2,1-3H3. The molecule has 3 aliphatic rings. The van der Waals surface area contributed by atoms with Gasteiger partial charge in [0, 0.05) is 0 Å². The maximum atomic E-state index is 2.56. The molecule has 3 aliphatic carbocycles. The van der Waals surface area contributed by atoms with Gasteiger partial charge in [0.1, 0.15) is 0 Å². The van der Waals surface area contributed by atoms with Crippen LogP contribution in [-0.2, 0) is 6.42 Å². The third-order valence-electron chi connectivity index (χ3n) is 8.32. The van der Waals surface area contributed by atoms with Crippen LogP contribution < -0.4 is 0 Å². The number of hydrogen-bond acceptors (Lipinski definition) is 0. The fourth-order valence-electron chi connectivity index (χ4n) is 6.47. The zero-order chi connectivity index (χ0) is 16.7. The molecular formula is C24H36. The average molecular weight is 325 g/mol. The molecule has 0 heterocycles. The molecule has 0 bridgehead atoms. The highest BCUT2D eigenvalue weighted by molar-refractivity contribution is 5.33. The van der Waals surface area contributed by atoms with Gasteiger partial charge in [-0.25, -0.2) is 0 Å². The maximum Gasteiger partial charge on any atom is -0.0131 e. The fourth-order valence-corrected chi connectivity index (χ4v) is 6.47. The summed E-state index contributed by atoms with van der Waals surface area (Å²) >= 11 is 0. The van der Waals surface area contributed by atoms with Gasteiger partial charge in [-0.15, -0.1) is 0 Å². The van der Waals surface area contributed by atoms with E-state index < -0.39 is 0 Å². The normalized spacial score (nSPS) is 42.2. The predicted octanol–water partition coefficient (Wildman–Crippen LogP) is 6.84. The van der Waals surface area contributed by atoms with Crippen LogP contribution in [0.4, 0.5) is 0 Å². The third-order valence-corrected chi connectivity index (χ3v) is 8.32. The molecule has 0 heteroatoms. The van der Waals surface area contributed by atoms with Gasteiger partial charge in [0.15, 0.2) is 0 Å². The monoisotopic (exact) mass is 324 g/mol. The highest BCUT2D eigenvalue weighted by Crippen LogP contribution is 2.50. The minimum absolute atomic E-state index is 0.827. The van der Waals surface area contributed by atoms with Crippen LogP contribution in [0, 0.1) is 35.5 Å². The molecule has 1 aromatic carbocycles. The number of hydrogen-bond donors (Lipinski definition) is 0. The second-order valence-electron chi connectivity index (χ2n) is 9.57. The SMILES string of the molecule is CC1CCc2ccccc2C1CC1CCC2CCC(C)C(C)C2C1. The van der Waals surface area contributed by atoms with Crippen molar-refractivity contribution in [3.05, 3.63) is 35.4 Å². The molecule has 7 unspecified atom stereocenters. The van der Waals surface area contributed by atoms with E-state index in [1.165, 1.54) is 51.4 Å². The lowest BCUT2D eigenvalue weighted by molar-refractivity contribution is 0.0431. The zero-order valence-electron chi connectivity index (χ0n) is 16.0. The first kappa shape index (κ1) is 16.7. The van der Waals surface area contributed by atoms with Crippen molar-refractivity contribution >= 4 is 0 Å². The molecule has 0 saturated heterocycles. The second-order valence-corrected chi connectivity index (χ2v) is 9.57. The van der Waals surface area contributed by atoms with E-state index >= 15 is 0 Å². The Morgan fingerprint density at radius 2 is 1.67 bits per heavy atom. The van der Waals surface area contributed by atoms with Crippen molar-refractivity contribution in [1.29, 1.82) is 0 Å². The molecule has 7 atom stereocenters. The molecule has 0 nitrogen and oxygen atoms in total. The van der Waals surface area contributed by atoms with Gasteiger partial charge in [0.25, 0.3) is 0 Å². The van der Waals surface area contributed by atoms with Gasteiger partial charge in [0.2, 0.25) is 0 Å². The minimum Gasteiger partial charge on any atom is -0.0622 e. The summed E-state index contributed by atoms with van der Waals surface area (Å²) < 4.78 is 0. The third kappa shape index (κ3) is 3.06. The first-order chi connectivity index (χ1) is 11.6. The summed E-state index contributed by atoms with van der Waals surface area (Å²) in [6, 6.07) is 9.33. The summed E-state index contributed by atoms with van der Waals surface area (Å²) in [4.78, 5) is 0. The van der Waals surface area contributed by atoms with Crippen molar-refractivity contribution in [2.45, 2.75) is 78.1 Å². The smallest absolute Gasteiger partial charge is 0.0131 e. The van der Waals surface area contributed by atoms with Gasteiger partial charge in [-0.2, -0.15) is 0 Å². The van der Waals surface area contributed by atoms with Crippen molar-refractivity contribution in [3.8, 4) is 0 Å². The van der Waals surface area contributed by atoms with E-state index in [-0.39, 0.29) is 0 Å². The molecule has 2 saturated carbocycles. The quantitative estimate of drug-likeness (QED) is 0.558. The molecule has 1 aromatic rings. The Morgan fingerprint density at radius 3 is 2.54 bits per heavy atom. The van der Waals surface area contributed by atoms with Crippen molar-refractivity contribution < 1.29 is 0 Å². The maximum absolute atomic E-state index is 2.56. The van der Waals surface area contributed by atoms with E-state index in [1.807, 2.05) is 0 Å². The van der Waals surface area contributed by atoms with Crippen LogP contribution in [0.1, 0.15) is 82.8 Å². The minimum atomic E-state index is 0.827. The molecule has 0 spiro atoms. The number of aryl methyl sites for hydroxylation is 1. The summed E-state index contributed by atoms with van der Waals surface area (Å²) in [5.41, 5.74) is 3.34. The molecule has 24 heavy (non-hydrogen) atoms. The number of rotatable bonds is 2. The number of benzene rings is 1. The van der Waals surface area contributed by atoms with Crippen LogP contribution in [0.5, 0.6) is 0 Å². The Balaban J connectivity index is 1.48. The Bertz CT molecular complexity index is 557. The highest BCUT2D eigenvalue weighted by atomic mass is 14.5. The number of fused-ring (bicyclic) bond motifs is 2. The van der Waals surface area contributed by atoms with Gasteiger partial charge < -0.3 is 0 Å². The van der Waals surface area contributed by atoms with Crippen LogP contribution in [-0.4, -0.2) is 0 Å². The molecule has 0 amide bonds. The van der Waals surface area contributed by atoms with E-state index in [0.29, 0.717) is 0 Å². The molecule has 0 N–H and O–H groups in total. The molecule has 0 radical (unpaired) electrons. The summed E-state index contributed by atoms with van der Waals surface area (Å²) in [6.45, 7) is 7.57. The molecule has 2 fully saturated rings. The van der Waals surface area contributed by atoms with E-state index in [1.54, 1.807) is 11.1 Å². The summed E-state index contributed by atoms with van der Waals surface area (Å²) in [5, 5.41) is 0. The van der Waals surface area contributed by atoms with Crippen LogP contribution in [0.15, 0.2) is 24.3 Å². The lowest BCUT2D eigenvalue weighted by Crippen LogP contribution is -2.37. The second kappa shape index (κ2) is 6.85. The molecule has 4 rings (SSSR count). The molecular weight excluding hydrogens is 288 g/mol. The Labute approximate surface area is 149 Å². The van der Waals surface area contributed by atoms with E-state index in [0.717, 1.165) is 41.4 Å². The lowest BCUT2D eigenvalue weighted by atomic mass is 9.59. The van der Waals surface area contributed by atoms with Gasteiger partial charge in [0.05, 0.1) is 0 Å². The first-order valence-electron chi connectivity index (χ1n) is 10.7. The largest absolute Gasteiger partial charge is 0.0622 e. The lowest BCUT2D eigenvalue weighted by Gasteiger charge is -2.47. The topological polar surface area (TPSA) is 0 Å². The van der Waals surface area contributed by atoms with Crippen molar-refractivity contribution in [2.24, 2.45) is 35.5 Å². The first-order valence-corrected chi connectivity index (χ1v) is 10.7. The van der Waals surface area contributed by atoms with Crippen LogP contribution >= 0.6 is 0 Å². The van der Waals surface area contributed by atoms with E-state index in [9.17, 15) is 0 Å². The molecule has 0 aromatic heterocycles. The van der Waals surface area contributed by atoms with Crippen LogP contribution in [0.2, 0.25) is 0 Å². The van der Waals surface area contributed by atoms with E-state index in [2.05, 4.69) is 45.0 Å². The summed E-state index contributed by atoms with van der Waals surface area (Å²) in [6.07, 6.45) is 11.7. The van der Waals surface area contributed by atoms with Crippen molar-refractivity contribution in [3.63, 3.8) is 0 Å². The summed E-state index contributed by atoms with van der Waals surface area (Å²) in [5.74, 6) is 6.69. The fraction of sp³-hybridized carbons (Fsp3) is 0.750. The summed E-state index contributed by atoms with van der Waals surface area (Å²) in [7, 11) is 0. The molecule has 0 aliphatic heterocycles. The Hall–Kier alpha value is -0.780. The highest BCUT2D eigenvalue weighted by Gasteiger charge is 2.40. The van der Waals surface area contributed by atoms with Crippen molar-refractivity contribution in [1.82, 2.24) is 0 Å². The molecule has 132 valence electrons.